The van der Waals surface area contributed by atoms with Crippen molar-refractivity contribution < 1.29 is 175 Å². The van der Waals surface area contributed by atoms with Gasteiger partial charge in [0.15, 0.2) is 0 Å². The molecule has 0 radical (unpaired) electrons. The Morgan fingerprint density at radius 3 is 1.72 bits per heavy atom. The van der Waals surface area contributed by atoms with Gasteiger partial charge in [-0.05, 0) is 77.0 Å². The molecule has 4 aromatic carbocycles. The van der Waals surface area contributed by atoms with Crippen LogP contribution in [-0.4, -0.2) is 66.8 Å². The van der Waals surface area contributed by atoms with Gasteiger partial charge in [0, 0.05) is 11.4 Å². The Kier molecular flexibility index (Phi) is 18.6. The quantitative estimate of drug-likeness (QED) is 0.0666. The van der Waals surface area contributed by atoms with Crippen molar-refractivity contribution >= 4 is 97.5 Å². The maximum Gasteiger partial charge on any atom is 1.00 e. The van der Waals surface area contributed by atoms with Gasteiger partial charge < -0.3 is 29.4 Å². The zero-order valence-electron chi connectivity index (χ0n) is 27.9. The van der Waals surface area contributed by atoms with E-state index in [-0.39, 0.29) is 158 Å². The molecule has 0 saturated heterocycles. The molecule has 0 saturated carbocycles. The Morgan fingerprint density at radius 2 is 1.19 bits per heavy atom. The minimum Gasteiger partial charge on any atom is -0.871 e. The van der Waals surface area contributed by atoms with Crippen LogP contribution in [0.25, 0.3) is 10.8 Å². The van der Waals surface area contributed by atoms with Gasteiger partial charge in [-0.3, -0.25) is 4.55 Å². The molecule has 0 atom stereocenters. The van der Waals surface area contributed by atoms with Crippen molar-refractivity contribution in [3.05, 3.63) is 72.0 Å². The van der Waals surface area contributed by atoms with E-state index < -0.39 is 77.2 Å². The number of rotatable bonds is 10. The van der Waals surface area contributed by atoms with Crippen LogP contribution in [0.4, 0.5) is 34.6 Å². The van der Waals surface area contributed by atoms with Gasteiger partial charge in [-0.2, -0.15) is 23.4 Å². The van der Waals surface area contributed by atoms with E-state index >= 15 is 0 Å². The molecule has 262 valence electrons. The second kappa shape index (κ2) is 19.7. The van der Waals surface area contributed by atoms with Crippen LogP contribution in [0, 0.1) is 0 Å². The molecule has 0 aliphatic rings. The molecule has 3 N–H and O–H groups in total. The van der Waals surface area contributed by atoms with Gasteiger partial charge in [0.25, 0.3) is 10.1 Å². The van der Waals surface area contributed by atoms with Crippen molar-refractivity contribution in [2.45, 2.75) is 19.6 Å². The van der Waals surface area contributed by atoms with Crippen LogP contribution >= 0.6 is 11.6 Å². The molecule has 0 aliphatic heterocycles. The molecule has 1 heterocycles. The van der Waals surface area contributed by atoms with Gasteiger partial charge in [0.05, 0.1) is 20.4 Å². The van der Waals surface area contributed by atoms with Crippen molar-refractivity contribution in [1.82, 2.24) is 15.0 Å². The molecule has 20 nitrogen and oxygen atoms in total. The first-order valence-electron chi connectivity index (χ1n) is 12.8. The molecule has 0 aliphatic carbocycles. The Hall–Kier alpha value is -0.920. The third-order valence-corrected chi connectivity index (χ3v) is 9.88. The number of aromatic nitrogens is 3. The summed E-state index contributed by atoms with van der Waals surface area (Å²) in [5.74, 6) is -1.60. The molecule has 5 rings (SSSR count). The van der Waals surface area contributed by atoms with Crippen LogP contribution in [0.2, 0.25) is 5.28 Å². The minimum absolute atomic E-state index is 0. The summed E-state index contributed by atoms with van der Waals surface area (Å²) in [7, 11) is -20.6. The standard InChI is InChI=1S/C25H18ClN7O13S4.4Na/c26-23-29-24(27-13-2-1-3-15(10-13)47(35,36)37)31-25(30-23)28-14-4-6-17-12(8-14)9-20(50(44,45)46)21(22(17)34)33-32-18-11-16(48(38,39)40)5-7-19(18)49(41,42)43;;;;/h1-11,34H,(H,35,36,37)(H,38,39,40)(H,41,42,43)(H,44,45,46)(H2,27,28,29,30,31);;;;/q;4*+1/p-4. The predicted molar refractivity (Wildman–Crippen MR) is 166 cm³/mol. The van der Waals surface area contributed by atoms with Crippen LogP contribution < -0.4 is 134 Å². The summed E-state index contributed by atoms with van der Waals surface area (Å²) in [6.07, 6.45) is 0. The number of anilines is 4. The summed E-state index contributed by atoms with van der Waals surface area (Å²) in [4.78, 5) is 7.98. The first kappa shape index (κ1) is 51.1. The molecule has 0 amide bonds. The van der Waals surface area contributed by atoms with E-state index in [4.69, 9.17) is 11.6 Å². The Morgan fingerprint density at radius 1 is 0.630 bits per heavy atom. The summed E-state index contributed by atoms with van der Waals surface area (Å²) >= 11 is 5.99. The molecule has 5 aromatic rings. The zero-order chi connectivity index (χ0) is 36.8. The van der Waals surface area contributed by atoms with Gasteiger partial charge in [0.1, 0.15) is 40.9 Å². The van der Waals surface area contributed by atoms with Gasteiger partial charge in [-0.1, -0.05) is 17.9 Å². The van der Waals surface area contributed by atoms with E-state index in [2.05, 4.69) is 35.8 Å². The molecule has 0 unspecified atom stereocenters. The molecule has 29 heteroatoms. The summed E-state index contributed by atoms with van der Waals surface area (Å²) in [6, 6.07) is 10.6. The average Bonchev–Trinajstić information content (AvgIpc) is 2.98. The number of nitrogens with zero attached hydrogens (tertiary/aromatic N) is 5. The summed E-state index contributed by atoms with van der Waals surface area (Å²) in [6.45, 7) is 0. The van der Waals surface area contributed by atoms with Gasteiger partial charge in [-0.15, -0.1) is 10.2 Å². The number of hydrogen-bond acceptors (Lipinski definition) is 19. The van der Waals surface area contributed by atoms with Crippen LogP contribution in [0.5, 0.6) is 5.75 Å². The monoisotopic (exact) mass is 875 g/mol. The molecule has 1 aromatic heterocycles. The zero-order valence-corrected chi connectivity index (χ0v) is 40.0. The maximum atomic E-state index is 13.4. The Balaban J connectivity index is 0.00000364. The number of fused-ring (bicyclic) bond motifs is 1. The molecule has 0 bridgehead atoms. The van der Waals surface area contributed by atoms with Crippen LogP contribution in [-0.2, 0) is 40.5 Å². The molecular formula is C25H14ClN7Na4O13S4. The fourth-order valence-electron chi connectivity index (χ4n) is 4.20. The predicted octanol–water partition coefficient (Wildman–Crippen LogP) is -9.37. The Labute approximate surface area is 400 Å². The second-order valence-electron chi connectivity index (χ2n) is 9.68. The first-order chi connectivity index (χ1) is 23.1. The Bertz CT molecular complexity index is 2720. The summed E-state index contributed by atoms with van der Waals surface area (Å²) < 4.78 is 138. The van der Waals surface area contributed by atoms with E-state index in [9.17, 15) is 57.0 Å². The fraction of sp³-hybridized carbons (Fsp3) is 0. The van der Waals surface area contributed by atoms with Crippen molar-refractivity contribution in [2.75, 3.05) is 10.6 Å². The van der Waals surface area contributed by atoms with Crippen molar-refractivity contribution in [1.29, 1.82) is 0 Å². The topological polar surface area (TPSA) is 336 Å². The SMILES string of the molecule is O=S(=O)([O-])c1cccc(Nc2nc(Cl)nc(Nc3ccc4c([O-])c(N=Nc5cc(S(=O)(=O)[O-])ccc5S(=O)(=O)[O-])c(S(=O)(=O)O)cc4c3)n2)c1.[Na+].[Na+].[Na+].[Na+]. The number of nitrogens with one attached hydrogen (secondary N) is 2. The number of halogens is 1. The van der Waals surface area contributed by atoms with Gasteiger partial charge in [-0.25, -0.2) is 25.3 Å². The minimum atomic E-state index is -5.36. The second-order valence-corrected chi connectivity index (χ2v) is 15.5. The van der Waals surface area contributed by atoms with E-state index in [0.29, 0.717) is 18.2 Å². The third-order valence-electron chi connectivity index (χ3n) is 6.30. The fourth-order valence-corrected chi connectivity index (χ4v) is 6.61. The van der Waals surface area contributed by atoms with E-state index in [1.807, 2.05) is 0 Å². The molecule has 54 heavy (non-hydrogen) atoms. The van der Waals surface area contributed by atoms with Crippen LogP contribution in [0.3, 0.4) is 0 Å². The molecule has 0 spiro atoms. The molecular weight excluding hydrogens is 862 g/mol. The van der Waals surface area contributed by atoms with Crippen molar-refractivity contribution in [3.8, 4) is 5.75 Å². The molecule has 0 fully saturated rings. The normalized spacial score (nSPS) is 11.8. The maximum absolute atomic E-state index is 13.4. The first-order valence-corrected chi connectivity index (χ1v) is 18.9. The van der Waals surface area contributed by atoms with Gasteiger partial charge in [0.2, 0.25) is 17.2 Å². The van der Waals surface area contributed by atoms with E-state index in [0.717, 1.165) is 18.2 Å². The third kappa shape index (κ3) is 12.8. The van der Waals surface area contributed by atoms with Gasteiger partial charge >= 0.3 is 118 Å². The number of hydrogen-bond donors (Lipinski definition) is 3. The van der Waals surface area contributed by atoms with E-state index in [1.54, 1.807) is 0 Å². The van der Waals surface area contributed by atoms with Crippen LogP contribution in [0.15, 0.2) is 96.5 Å². The van der Waals surface area contributed by atoms with Crippen molar-refractivity contribution in [2.24, 2.45) is 10.2 Å². The average molecular weight is 876 g/mol. The smallest absolute Gasteiger partial charge is 0.871 e. The summed E-state index contributed by atoms with van der Waals surface area (Å²) in [5.41, 5.74) is -1.88. The van der Waals surface area contributed by atoms with Crippen molar-refractivity contribution in [3.63, 3.8) is 0 Å². The largest absolute Gasteiger partial charge is 1.00 e. The van der Waals surface area contributed by atoms with Crippen LogP contribution in [0.1, 0.15) is 0 Å². The number of benzene rings is 4. The number of azo groups is 1. The van der Waals surface area contributed by atoms with E-state index in [1.165, 1.54) is 30.3 Å². The summed E-state index contributed by atoms with van der Waals surface area (Å²) in [5, 5.41) is 24.8.